The number of halogens is 2. The topological polar surface area (TPSA) is 80.6 Å². The molecule has 2 aliphatic heterocycles. The van der Waals surface area contributed by atoms with E-state index in [1.54, 1.807) is 18.2 Å². The first-order chi connectivity index (χ1) is 19.9. The van der Waals surface area contributed by atoms with Crippen LogP contribution in [-0.4, -0.2) is 63.6 Å². The Labute approximate surface area is 249 Å². The molecule has 2 bridgehead atoms. The van der Waals surface area contributed by atoms with E-state index in [9.17, 15) is 14.0 Å². The number of piperazine rings is 1. The van der Waals surface area contributed by atoms with Crippen molar-refractivity contribution in [1.29, 1.82) is 0 Å². The third kappa shape index (κ3) is 4.60. The van der Waals surface area contributed by atoms with Gasteiger partial charge in [0, 0.05) is 35.8 Å². The Bertz CT molecular complexity index is 1740. The Kier molecular flexibility index (Phi) is 6.76. The van der Waals surface area contributed by atoms with Crippen LogP contribution in [0.25, 0.3) is 22.2 Å². The monoisotopic (exact) mass is 589 g/mol. The van der Waals surface area contributed by atoms with Gasteiger partial charge < -0.3 is 19.1 Å². The molecule has 5 heterocycles. The Balaban J connectivity index is 1.28. The summed E-state index contributed by atoms with van der Waals surface area (Å²) in [5.74, 6) is -0.168. The number of ether oxygens (including phenoxy) is 1. The summed E-state index contributed by atoms with van der Waals surface area (Å²) in [5.41, 5.74) is 4.20. The van der Waals surface area contributed by atoms with E-state index < -0.39 is 11.8 Å². The van der Waals surface area contributed by atoms with Gasteiger partial charge >= 0.3 is 5.97 Å². The maximum absolute atomic E-state index is 14.3. The molecule has 4 aromatic rings. The number of methoxy groups -OCH3 is 1. The molecular weight excluding hydrogens is 557 g/mol. The van der Waals surface area contributed by atoms with Gasteiger partial charge in [0.25, 0.3) is 5.91 Å². The summed E-state index contributed by atoms with van der Waals surface area (Å²) in [6, 6.07) is 10.5. The van der Waals surface area contributed by atoms with E-state index in [1.165, 1.54) is 13.2 Å². The first kappa shape index (κ1) is 28.2. The van der Waals surface area contributed by atoms with Crippen LogP contribution in [0.1, 0.15) is 59.3 Å². The SMILES string of the molecule is COC(=O)c1c(C)cc(N2C[C@@H]3C[C@H]2CN3C(=O)c2ccc3c(-c4ccc(Cl)c(F)c4)cn(C(C)(C)C)c3n2)nc1C. The van der Waals surface area contributed by atoms with Crippen molar-refractivity contribution >= 4 is 40.3 Å². The second-order valence-electron chi connectivity index (χ2n) is 12.2. The van der Waals surface area contributed by atoms with Crippen molar-refractivity contribution in [2.75, 3.05) is 25.1 Å². The molecule has 0 N–H and O–H groups in total. The zero-order chi connectivity index (χ0) is 30.1. The molecule has 2 atom stereocenters. The van der Waals surface area contributed by atoms with E-state index in [4.69, 9.17) is 26.3 Å². The summed E-state index contributed by atoms with van der Waals surface area (Å²) in [7, 11) is 1.37. The number of aryl methyl sites for hydroxylation is 2. The lowest BCUT2D eigenvalue weighted by atomic mass is 10.1. The van der Waals surface area contributed by atoms with Gasteiger partial charge in [-0.1, -0.05) is 17.7 Å². The third-order valence-electron chi connectivity index (χ3n) is 8.39. The summed E-state index contributed by atoms with van der Waals surface area (Å²) in [6.07, 6.45) is 2.81. The lowest BCUT2D eigenvalue weighted by molar-refractivity contribution is 0.0597. The second kappa shape index (κ2) is 10.1. The van der Waals surface area contributed by atoms with Gasteiger partial charge in [0.2, 0.25) is 0 Å². The molecule has 10 heteroatoms. The highest BCUT2D eigenvalue weighted by Gasteiger charge is 2.46. The molecule has 0 spiro atoms. The first-order valence-corrected chi connectivity index (χ1v) is 14.4. The molecule has 1 amide bonds. The molecule has 8 nitrogen and oxygen atoms in total. The Hall–Kier alpha value is -3.98. The largest absolute Gasteiger partial charge is 0.465 e. The minimum absolute atomic E-state index is 0.0321. The van der Waals surface area contributed by atoms with Crippen molar-refractivity contribution in [3.63, 3.8) is 0 Å². The highest BCUT2D eigenvalue weighted by atomic mass is 35.5. The molecule has 2 aliphatic rings. The minimum Gasteiger partial charge on any atom is -0.465 e. The Morgan fingerprint density at radius 3 is 2.43 bits per heavy atom. The number of carbonyl (C=O) groups is 2. The van der Waals surface area contributed by atoms with E-state index in [2.05, 4.69) is 25.7 Å². The molecule has 3 aromatic heterocycles. The van der Waals surface area contributed by atoms with Crippen molar-refractivity contribution in [3.8, 4) is 11.1 Å². The quantitative estimate of drug-likeness (QED) is 0.266. The number of nitrogens with zero attached hydrogens (tertiary/aromatic N) is 5. The number of fused-ring (bicyclic) bond motifs is 3. The maximum Gasteiger partial charge on any atom is 0.339 e. The molecule has 0 saturated carbocycles. The molecular formula is C32H33ClFN5O3. The van der Waals surface area contributed by atoms with Crippen molar-refractivity contribution in [1.82, 2.24) is 19.4 Å². The number of pyridine rings is 2. The minimum atomic E-state index is -0.483. The molecule has 218 valence electrons. The van der Waals surface area contributed by atoms with Crippen LogP contribution in [0.4, 0.5) is 10.2 Å². The van der Waals surface area contributed by atoms with Gasteiger partial charge in [-0.05, 0) is 82.5 Å². The maximum atomic E-state index is 14.3. The van der Waals surface area contributed by atoms with E-state index >= 15 is 0 Å². The van der Waals surface area contributed by atoms with Crippen molar-refractivity contribution in [2.45, 2.75) is 58.7 Å². The lowest BCUT2D eigenvalue weighted by Gasteiger charge is -2.35. The highest BCUT2D eigenvalue weighted by Crippen LogP contribution is 2.37. The number of hydrogen-bond donors (Lipinski definition) is 0. The number of aromatic nitrogens is 3. The average Bonchev–Trinajstić information content (AvgIpc) is 3.66. The predicted molar refractivity (Wildman–Crippen MR) is 161 cm³/mol. The number of likely N-dealkylation sites (tertiary alicyclic amines) is 1. The van der Waals surface area contributed by atoms with Gasteiger partial charge in [0.05, 0.1) is 35.5 Å². The Morgan fingerprint density at radius 1 is 1.05 bits per heavy atom. The molecule has 2 fully saturated rings. The number of benzene rings is 1. The summed E-state index contributed by atoms with van der Waals surface area (Å²) < 4.78 is 21.3. The van der Waals surface area contributed by atoms with Crippen LogP contribution in [0.5, 0.6) is 0 Å². The zero-order valence-corrected chi connectivity index (χ0v) is 25.3. The summed E-state index contributed by atoms with van der Waals surface area (Å²) in [5, 5.41) is 0.909. The van der Waals surface area contributed by atoms with Crippen molar-refractivity contribution in [3.05, 3.63) is 75.9 Å². The van der Waals surface area contributed by atoms with Crippen molar-refractivity contribution < 1.29 is 18.7 Å². The molecule has 42 heavy (non-hydrogen) atoms. The van der Waals surface area contributed by atoms with E-state index in [-0.39, 0.29) is 28.6 Å². The Morgan fingerprint density at radius 2 is 1.81 bits per heavy atom. The number of hydrogen-bond acceptors (Lipinski definition) is 6. The number of esters is 1. The molecule has 6 rings (SSSR count). The van der Waals surface area contributed by atoms with Gasteiger partial charge in [-0.15, -0.1) is 0 Å². The van der Waals surface area contributed by atoms with Crippen LogP contribution in [0.3, 0.4) is 0 Å². The summed E-state index contributed by atoms with van der Waals surface area (Å²) in [4.78, 5) is 39.7. The molecule has 2 saturated heterocycles. The summed E-state index contributed by atoms with van der Waals surface area (Å²) in [6.45, 7) is 11.1. The fraction of sp³-hybridized carbons (Fsp3) is 0.375. The standard InChI is InChI=1S/C32H33ClFN5O3/c1-17-11-27(35-18(2)28(17)31(41)42-6)37-14-21-13-20(37)15-38(21)30(40)26-10-8-22-23(19-7-9-24(33)25(34)12-19)16-39(29(22)36-26)32(3,4)5/h7-12,16,20-21H,13-15H2,1-6H3/t20-,21-/m0/s1. The average molecular weight is 590 g/mol. The van der Waals surface area contributed by atoms with Gasteiger partial charge in [-0.25, -0.2) is 19.2 Å². The van der Waals surface area contributed by atoms with Gasteiger partial charge in [0.15, 0.2) is 0 Å². The normalized spacial score (nSPS) is 18.3. The van der Waals surface area contributed by atoms with E-state index in [0.29, 0.717) is 41.3 Å². The molecule has 0 aliphatic carbocycles. The highest BCUT2D eigenvalue weighted by molar-refractivity contribution is 6.30. The number of amides is 1. The van der Waals surface area contributed by atoms with Crippen LogP contribution < -0.4 is 4.90 Å². The number of rotatable bonds is 4. The lowest BCUT2D eigenvalue weighted by Crippen LogP contribution is -2.49. The summed E-state index contributed by atoms with van der Waals surface area (Å²) >= 11 is 5.93. The fourth-order valence-corrected chi connectivity index (χ4v) is 6.46. The van der Waals surface area contributed by atoms with Crippen LogP contribution in [0.2, 0.25) is 5.02 Å². The third-order valence-corrected chi connectivity index (χ3v) is 8.70. The number of carbonyl (C=O) groups excluding carboxylic acids is 2. The van der Waals surface area contributed by atoms with Gasteiger partial charge in [0.1, 0.15) is 23.0 Å². The van der Waals surface area contributed by atoms with Crippen LogP contribution >= 0.6 is 11.6 Å². The van der Waals surface area contributed by atoms with Crippen LogP contribution in [0.15, 0.2) is 42.6 Å². The smallest absolute Gasteiger partial charge is 0.339 e. The van der Waals surface area contributed by atoms with Gasteiger partial charge in [-0.3, -0.25) is 4.79 Å². The van der Waals surface area contributed by atoms with E-state index in [1.807, 2.05) is 41.6 Å². The van der Waals surface area contributed by atoms with Crippen LogP contribution in [-0.2, 0) is 10.3 Å². The molecule has 1 aromatic carbocycles. The zero-order valence-electron chi connectivity index (χ0n) is 24.5. The predicted octanol–water partition coefficient (Wildman–Crippen LogP) is 6.15. The molecule has 0 radical (unpaired) electrons. The van der Waals surface area contributed by atoms with Crippen molar-refractivity contribution in [2.24, 2.45) is 0 Å². The molecule has 0 unspecified atom stereocenters. The van der Waals surface area contributed by atoms with E-state index in [0.717, 1.165) is 28.8 Å². The van der Waals surface area contributed by atoms with Crippen LogP contribution in [0, 0.1) is 19.7 Å². The second-order valence-corrected chi connectivity index (χ2v) is 12.6. The fourth-order valence-electron chi connectivity index (χ4n) is 6.34. The number of anilines is 1. The van der Waals surface area contributed by atoms with Gasteiger partial charge in [-0.2, -0.15) is 0 Å². The first-order valence-electron chi connectivity index (χ1n) is 14.0.